The second kappa shape index (κ2) is 13.4. The van der Waals surface area contributed by atoms with Crippen molar-refractivity contribution in [2.24, 2.45) is 0 Å². The van der Waals surface area contributed by atoms with E-state index in [9.17, 15) is 14.0 Å². The number of nitrogens with zero attached hydrogens (tertiary/aromatic N) is 1. The van der Waals surface area contributed by atoms with Crippen LogP contribution in [0.5, 0.6) is 5.75 Å². The van der Waals surface area contributed by atoms with Crippen molar-refractivity contribution < 1.29 is 18.7 Å². The number of nitrogens with one attached hydrogen (secondary N) is 1. The van der Waals surface area contributed by atoms with Crippen molar-refractivity contribution >= 4 is 11.8 Å². The van der Waals surface area contributed by atoms with E-state index in [0.29, 0.717) is 12.2 Å². The van der Waals surface area contributed by atoms with Crippen LogP contribution in [0.15, 0.2) is 78.9 Å². The molecule has 3 rings (SSSR count). The van der Waals surface area contributed by atoms with Crippen LogP contribution in [-0.2, 0) is 29.0 Å². The Hall–Kier alpha value is -3.67. The van der Waals surface area contributed by atoms with Crippen molar-refractivity contribution in [1.82, 2.24) is 10.2 Å². The molecule has 0 spiro atoms. The van der Waals surface area contributed by atoms with E-state index in [1.165, 1.54) is 17.7 Å². The average molecular weight is 491 g/mol. The number of amides is 2. The van der Waals surface area contributed by atoms with Crippen LogP contribution in [-0.4, -0.2) is 35.4 Å². The van der Waals surface area contributed by atoms with Gasteiger partial charge in [-0.05, 0) is 60.7 Å². The number of benzene rings is 3. The zero-order valence-electron chi connectivity index (χ0n) is 21.2. The third kappa shape index (κ3) is 7.94. The van der Waals surface area contributed by atoms with Crippen molar-refractivity contribution in [1.29, 1.82) is 0 Å². The Bertz CT molecular complexity index is 1100. The summed E-state index contributed by atoms with van der Waals surface area (Å²) in [5, 5.41) is 3.03. The summed E-state index contributed by atoms with van der Waals surface area (Å²) < 4.78 is 19.3. The highest BCUT2D eigenvalue weighted by Crippen LogP contribution is 2.17. The molecular formula is C30H35FN2O3. The van der Waals surface area contributed by atoms with E-state index in [1.807, 2.05) is 68.4 Å². The lowest BCUT2D eigenvalue weighted by molar-refractivity contribution is -0.143. The van der Waals surface area contributed by atoms with Crippen molar-refractivity contribution in [2.45, 2.75) is 58.7 Å². The topological polar surface area (TPSA) is 58.6 Å². The molecule has 3 aromatic rings. The molecule has 5 nitrogen and oxygen atoms in total. The predicted molar refractivity (Wildman–Crippen MR) is 140 cm³/mol. The van der Waals surface area contributed by atoms with Gasteiger partial charge in [0.05, 0.1) is 0 Å². The van der Waals surface area contributed by atoms with Gasteiger partial charge >= 0.3 is 0 Å². The summed E-state index contributed by atoms with van der Waals surface area (Å²) in [6, 6.07) is 22.4. The van der Waals surface area contributed by atoms with Gasteiger partial charge in [0.1, 0.15) is 17.6 Å². The number of carbonyl (C=O) groups excluding carboxylic acids is 2. The zero-order valence-corrected chi connectivity index (χ0v) is 21.2. The molecule has 0 saturated heterocycles. The minimum atomic E-state index is -0.759. The molecule has 0 aromatic heterocycles. The molecule has 0 heterocycles. The fraction of sp³-hybridized carbons (Fsp3) is 0.333. The fourth-order valence-electron chi connectivity index (χ4n) is 3.83. The van der Waals surface area contributed by atoms with Crippen LogP contribution < -0.4 is 10.1 Å². The van der Waals surface area contributed by atoms with Gasteiger partial charge in [0.15, 0.2) is 6.61 Å². The van der Waals surface area contributed by atoms with Crippen molar-refractivity contribution in [3.8, 4) is 5.75 Å². The van der Waals surface area contributed by atoms with E-state index in [0.717, 1.165) is 24.0 Å². The van der Waals surface area contributed by atoms with Gasteiger partial charge in [0.2, 0.25) is 5.91 Å². The quantitative estimate of drug-likeness (QED) is 0.374. The molecular weight excluding hydrogens is 455 g/mol. The van der Waals surface area contributed by atoms with Crippen LogP contribution >= 0.6 is 0 Å². The molecule has 0 radical (unpaired) electrons. The Morgan fingerprint density at radius 2 is 1.53 bits per heavy atom. The number of hydrogen-bond donors (Lipinski definition) is 1. The molecule has 3 aromatic carbocycles. The number of aryl methyl sites for hydroxylation is 1. The molecule has 0 unspecified atom stereocenters. The molecule has 1 N–H and O–H groups in total. The third-order valence-electron chi connectivity index (χ3n) is 6.23. The average Bonchev–Trinajstić information content (AvgIpc) is 2.91. The summed E-state index contributed by atoms with van der Waals surface area (Å²) in [5.41, 5.74) is 2.84. The summed E-state index contributed by atoms with van der Waals surface area (Å²) >= 11 is 0. The first-order valence-corrected chi connectivity index (χ1v) is 12.5. The lowest BCUT2D eigenvalue weighted by Gasteiger charge is -2.32. The molecule has 2 atom stereocenters. The van der Waals surface area contributed by atoms with Crippen LogP contribution in [0.4, 0.5) is 4.39 Å². The van der Waals surface area contributed by atoms with Gasteiger partial charge < -0.3 is 15.0 Å². The summed E-state index contributed by atoms with van der Waals surface area (Å²) in [6.45, 7) is 5.95. The van der Waals surface area contributed by atoms with E-state index < -0.39 is 6.04 Å². The van der Waals surface area contributed by atoms with Gasteiger partial charge in [-0.2, -0.15) is 0 Å². The molecule has 0 aliphatic carbocycles. The molecule has 36 heavy (non-hydrogen) atoms. The maximum Gasteiger partial charge on any atom is 0.261 e. The van der Waals surface area contributed by atoms with Crippen molar-refractivity contribution in [2.75, 3.05) is 6.61 Å². The number of rotatable bonds is 12. The van der Waals surface area contributed by atoms with E-state index in [2.05, 4.69) is 12.2 Å². The van der Waals surface area contributed by atoms with Crippen molar-refractivity contribution in [3.05, 3.63) is 101 Å². The van der Waals surface area contributed by atoms with Gasteiger partial charge in [-0.1, -0.05) is 68.4 Å². The normalized spacial score (nSPS) is 12.4. The summed E-state index contributed by atoms with van der Waals surface area (Å²) in [4.78, 5) is 28.5. The van der Waals surface area contributed by atoms with E-state index in [1.54, 1.807) is 17.0 Å². The SMILES string of the molecule is CCc1ccc(OCC(=O)N(Cc2ccc(F)cc2)[C@@H](Cc2ccccc2)C(=O)N[C@H](C)CC)cc1. The first-order valence-electron chi connectivity index (χ1n) is 12.5. The first kappa shape index (κ1) is 26.9. The molecule has 6 heteroatoms. The molecule has 2 amide bonds. The Labute approximate surface area is 213 Å². The smallest absolute Gasteiger partial charge is 0.261 e. The molecule has 0 aliphatic rings. The third-order valence-corrected chi connectivity index (χ3v) is 6.23. The minimum Gasteiger partial charge on any atom is -0.484 e. The number of hydrogen-bond acceptors (Lipinski definition) is 3. The molecule has 190 valence electrons. The Balaban J connectivity index is 1.88. The van der Waals surface area contributed by atoms with Gasteiger partial charge in [-0.15, -0.1) is 0 Å². The zero-order chi connectivity index (χ0) is 25.9. The highest BCUT2D eigenvalue weighted by atomic mass is 19.1. The summed E-state index contributed by atoms with van der Waals surface area (Å²) in [5.74, 6) is -0.313. The van der Waals surface area contributed by atoms with Crippen molar-refractivity contribution in [3.63, 3.8) is 0 Å². The Morgan fingerprint density at radius 3 is 2.14 bits per heavy atom. The largest absolute Gasteiger partial charge is 0.484 e. The van der Waals surface area contributed by atoms with Crippen LogP contribution in [0.2, 0.25) is 0 Å². The standard InChI is InChI=1S/C30H35FN2O3/c1-4-22(3)32-30(35)28(19-24-9-7-6-8-10-24)33(20-25-11-15-26(31)16-12-25)29(34)21-36-27-17-13-23(5-2)14-18-27/h6-18,22,28H,4-5,19-21H2,1-3H3,(H,32,35)/t22-,28+/m1/s1. The maximum absolute atomic E-state index is 13.5. The highest BCUT2D eigenvalue weighted by Gasteiger charge is 2.31. The Morgan fingerprint density at radius 1 is 0.889 bits per heavy atom. The number of halogens is 1. The van der Waals surface area contributed by atoms with E-state index in [-0.39, 0.29) is 36.8 Å². The second-order valence-corrected chi connectivity index (χ2v) is 8.96. The lowest BCUT2D eigenvalue weighted by Crippen LogP contribution is -2.53. The van der Waals surface area contributed by atoms with E-state index >= 15 is 0 Å². The van der Waals surface area contributed by atoms with Crippen LogP contribution in [0.1, 0.15) is 43.9 Å². The van der Waals surface area contributed by atoms with Gasteiger partial charge in [0.25, 0.3) is 5.91 Å². The first-order chi connectivity index (χ1) is 17.4. The molecule has 0 aliphatic heterocycles. The highest BCUT2D eigenvalue weighted by molar-refractivity contribution is 5.88. The summed E-state index contributed by atoms with van der Waals surface area (Å²) in [6.07, 6.45) is 2.03. The predicted octanol–water partition coefficient (Wildman–Crippen LogP) is 5.32. The number of carbonyl (C=O) groups is 2. The van der Waals surface area contributed by atoms with Gasteiger partial charge in [-0.25, -0.2) is 4.39 Å². The van der Waals surface area contributed by atoms with Gasteiger partial charge in [-0.3, -0.25) is 9.59 Å². The molecule has 0 fully saturated rings. The van der Waals surface area contributed by atoms with Crippen LogP contribution in [0.3, 0.4) is 0 Å². The van der Waals surface area contributed by atoms with Crippen LogP contribution in [0.25, 0.3) is 0 Å². The second-order valence-electron chi connectivity index (χ2n) is 8.96. The monoisotopic (exact) mass is 490 g/mol. The maximum atomic E-state index is 13.5. The minimum absolute atomic E-state index is 0.0353. The van der Waals surface area contributed by atoms with Crippen LogP contribution in [0, 0.1) is 5.82 Å². The van der Waals surface area contributed by atoms with E-state index in [4.69, 9.17) is 4.74 Å². The fourth-order valence-corrected chi connectivity index (χ4v) is 3.83. The molecule has 0 saturated carbocycles. The number of ether oxygens (including phenoxy) is 1. The molecule has 0 bridgehead atoms. The summed E-state index contributed by atoms with van der Waals surface area (Å²) in [7, 11) is 0. The Kier molecular flexibility index (Phi) is 10.0. The van der Waals surface area contributed by atoms with Gasteiger partial charge in [0, 0.05) is 19.0 Å². The lowest BCUT2D eigenvalue weighted by atomic mass is 10.0.